The molecule has 0 radical (unpaired) electrons. The van der Waals surface area contributed by atoms with Gasteiger partial charge in [0.1, 0.15) is 5.75 Å². The van der Waals surface area contributed by atoms with Crippen LogP contribution in [-0.2, 0) is 10.9 Å². The van der Waals surface area contributed by atoms with Crippen LogP contribution in [0.2, 0.25) is 5.02 Å². The van der Waals surface area contributed by atoms with E-state index in [1.807, 2.05) is 0 Å². The van der Waals surface area contributed by atoms with Crippen LogP contribution in [0.3, 0.4) is 0 Å². The Labute approximate surface area is 215 Å². The van der Waals surface area contributed by atoms with Crippen LogP contribution in [-0.4, -0.2) is 64.8 Å². The molecule has 2 aromatic carbocycles. The van der Waals surface area contributed by atoms with Gasteiger partial charge in [-0.05, 0) is 55.8 Å². The highest BCUT2D eigenvalue weighted by atomic mass is 35.5. The topological polar surface area (TPSA) is 85.8 Å². The number of hydrogen-bond donors (Lipinski definition) is 3. The molecule has 1 fully saturated rings. The average molecular weight is 543 g/mol. The van der Waals surface area contributed by atoms with Crippen molar-refractivity contribution in [3.05, 3.63) is 57.3 Å². The summed E-state index contributed by atoms with van der Waals surface area (Å²) in [4.78, 5) is 18.0. The number of hydrogen-bond acceptors (Lipinski definition) is 6. The number of benzene rings is 2. The molecule has 1 aliphatic heterocycles. The summed E-state index contributed by atoms with van der Waals surface area (Å²) in [7, 11) is 0. The van der Waals surface area contributed by atoms with Crippen molar-refractivity contribution in [2.45, 2.75) is 30.0 Å². The molecule has 1 atom stereocenters. The Morgan fingerprint density at radius 2 is 1.92 bits per heavy atom. The lowest BCUT2D eigenvalue weighted by Gasteiger charge is -2.26. The van der Waals surface area contributed by atoms with Crippen LogP contribution in [0.15, 0.2) is 46.1 Å². The minimum atomic E-state index is -4.60. The summed E-state index contributed by atoms with van der Waals surface area (Å²) in [5.74, 6) is -0.0676. The number of halogens is 4. The smallest absolute Gasteiger partial charge is 0.416 e. The van der Waals surface area contributed by atoms with Gasteiger partial charge in [0.05, 0.1) is 29.8 Å². The molecular weight excluding hydrogens is 517 g/mol. The second-order valence-electron chi connectivity index (χ2n) is 8.64. The number of H-pyrrole nitrogens is 1. The Morgan fingerprint density at radius 1 is 1.17 bits per heavy atom. The van der Waals surface area contributed by atoms with Gasteiger partial charge in [-0.15, -0.1) is 11.8 Å². The number of nitrogens with one attached hydrogen (secondary N) is 1. The van der Waals surface area contributed by atoms with Crippen LogP contribution in [0.5, 0.6) is 5.75 Å². The molecule has 3 N–H and O–H groups in total. The van der Waals surface area contributed by atoms with Crippen molar-refractivity contribution in [2.24, 2.45) is 0 Å². The molecule has 0 aliphatic carbocycles. The predicted octanol–water partition coefficient (Wildman–Crippen LogP) is 5.14. The van der Waals surface area contributed by atoms with E-state index in [1.165, 1.54) is 24.3 Å². The Kier molecular flexibility index (Phi) is 8.52. The third kappa shape index (κ3) is 6.36. The number of phenols is 1. The molecule has 0 saturated carbocycles. The fraction of sp³-hybridized carbons (Fsp3) is 0.400. The quantitative estimate of drug-likeness (QED) is 0.342. The van der Waals surface area contributed by atoms with Gasteiger partial charge >= 0.3 is 6.18 Å². The van der Waals surface area contributed by atoms with Crippen LogP contribution >= 0.6 is 23.4 Å². The molecule has 2 heterocycles. The zero-order valence-corrected chi connectivity index (χ0v) is 20.8. The molecule has 0 bridgehead atoms. The number of alkyl halides is 3. The van der Waals surface area contributed by atoms with Gasteiger partial charge in [-0.2, -0.15) is 13.2 Å². The molecule has 6 nitrogen and oxygen atoms in total. The molecule has 36 heavy (non-hydrogen) atoms. The lowest BCUT2D eigenvalue weighted by molar-refractivity contribution is -0.137. The Bertz CT molecular complexity index is 1280. The summed E-state index contributed by atoms with van der Waals surface area (Å²) >= 11 is 7.17. The minimum Gasteiger partial charge on any atom is -0.507 e. The molecule has 1 aliphatic rings. The van der Waals surface area contributed by atoms with Crippen molar-refractivity contribution in [3.63, 3.8) is 0 Å². The summed E-state index contributed by atoms with van der Waals surface area (Å²) in [6, 6.07) is 7.22. The van der Waals surface area contributed by atoms with Crippen molar-refractivity contribution in [1.29, 1.82) is 0 Å². The molecule has 1 unspecified atom stereocenters. The number of aromatic nitrogens is 1. The van der Waals surface area contributed by atoms with E-state index in [2.05, 4.69) is 9.88 Å². The molecule has 11 heteroatoms. The van der Waals surface area contributed by atoms with Gasteiger partial charge < -0.3 is 19.9 Å². The maximum absolute atomic E-state index is 13.5. The lowest BCUT2D eigenvalue weighted by Crippen LogP contribution is -2.37. The number of ether oxygens (including phenoxy) is 1. The first-order valence-corrected chi connectivity index (χ1v) is 12.9. The molecule has 0 spiro atoms. The fourth-order valence-electron chi connectivity index (χ4n) is 4.20. The van der Waals surface area contributed by atoms with E-state index in [0.717, 1.165) is 49.9 Å². The van der Waals surface area contributed by atoms with Crippen LogP contribution < -0.4 is 5.56 Å². The second-order valence-corrected chi connectivity index (χ2v) is 10.1. The minimum absolute atomic E-state index is 0.103. The van der Waals surface area contributed by atoms with Crippen LogP contribution in [0, 0.1) is 0 Å². The van der Waals surface area contributed by atoms with Gasteiger partial charge in [0, 0.05) is 45.9 Å². The number of pyridine rings is 1. The molecule has 4 rings (SSSR count). The van der Waals surface area contributed by atoms with E-state index in [-0.39, 0.29) is 43.5 Å². The van der Waals surface area contributed by atoms with Gasteiger partial charge in [-0.1, -0.05) is 11.6 Å². The number of rotatable bonds is 8. The van der Waals surface area contributed by atoms with Crippen molar-refractivity contribution in [3.8, 4) is 16.9 Å². The van der Waals surface area contributed by atoms with E-state index in [1.54, 1.807) is 0 Å². The zero-order chi connectivity index (χ0) is 25.9. The molecule has 194 valence electrons. The van der Waals surface area contributed by atoms with Crippen LogP contribution in [0.1, 0.15) is 18.4 Å². The van der Waals surface area contributed by atoms with Crippen molar-refractivity contribution in [1.82, 2.24) is 9.88 Å². The predicted molar refractivity (Wildman–Crippen MR) is 135 cm³/mol. The fourth-order valence-corrected chi connectivity index (χ4v) is 5.45. The SMILES string of the molecule is O=c1[nH]c2ccc(C(F)(F)F)cc2c(-c2cc(Cl)ccc2O)c1SCC(O)CCCN1CCOCC1. The maximum atomic E-state index is 13.5. The number of aliphatic hydroxyl groups excluding tert-OH is 1. The van der Waals surface area contributed by atoms with Gasteiger partial charge in [-0.25, -0.2) is 0 Å². The van der Waals surface area contributed by atoms with Gasteiger partial charge in [0.2, 0.25) is 0 Å². The van der Waals surface area contributed by atoms with E-state index < -0.39 is 23.4 Å². The first-order chi connectivity index (χ1) is 17.1. The van der Waals surface area contributed by atoms with Crippen molar-refractivity contribution < 1.29 is 28.1 Å². The van der Waals surface area contributed by atoms with Crippen molar-refractivity contribution in [2.75, 3.05) is 38.6 Å². The van der Waals surface area contributed by atoms with Gasteiger partial charge in [-0.3, -0.25) is 9.69 Å². The largest absolute Gasteiger partial charge is 0.507 e. The highest BCUT2D eigenvalue weighted by Gasteiger charge is 2.31. The third-order valence-electron chi connectivity index (χ3n) is 6.06. The Hall–Kier alpha value is -2.24. The third-order valence-corrected chi connectivity index (χ3v) is 7.53. The normalized spacial score (nSPS) is 15.9. The molecule has 1 saturated heterocycles. The number of aliphatic hydroxyl groups is 1. The first-order valence-electron chi connectivity index (χ1n) is 11.5. The Balaban J connectivity index is 1.65. The standard InChI is InChI=1S/C25H26ClF3N2O4S/c26-16-4-6-21(33)19(13-16)22-18-12-15(25(27,28)29)3-5-20(18)30-24(34)23(22)36-14-17(32)2-1-7-31-8-10-35-11-9-31/h3-6,12-13,17,32-33H,1-2,7-11,14H2,(H,30,34). The van der Waals surface area contributed by atoms with E-state index in [0.29, 0.717) is 19.6 Å². The number of nitrogens with zero attached hydrogens (tertiary/aromatic N) is 1. The van der Waals surface area contributed by atoms with Crippen LogP contribution in [0.25, 0.3) is 22.0 Å². The molecule has 0 amide bonds. The number of fused-ring (bicyclic) bond motifs is 1. The van der Waals surface area contributed by atoms with E-state index >= 15 is 0 Å². The first kappa shape index (κ1) is 26.8. The average Bonchev–Trinajstić information content (AvgIpc) is 2.84. The van der Waals surface area contributed by atoms with Crippen LogP contribution in [0.4, 0.5) is 13.2 Å². The number of morpholine rings is 1. The highest BCUT2D eigenvalue weighted by Crippen LogP contribution is 2.42. The molecule has 3 aromatic rings. The van der Waals surface area contributed by atoms with Gasteiger partial charge in [0.15, 0.2) is 0 Å². The molecule has 1 aromatic heterocycles. The summed E-state index contributed by atoms with van der Waals surface area (Å²) < 4.78 is 45.8. The lowest BCUT2D eigenvalue weighted by atomic mass is 9.98. The summed E-state index contributed by atoms with van der Waals surface area (Å²) in [5, 5.41) is 21.5. The van der Waals surface area contributed by atoms with Gasteiger partial charge in [0.25, 0.3) is 5.56 Å². The van der Waals surface area contributed by atoms with E-state index in [9.17, 15) is 28.2 Å². The van der Waals surface area contributed by atoms with E-state index in [4.69, 9.17) is 16.3 Å². The van der Waals surface area contributed by atoms with Crippen molar-refractivity contribution >= 4 is 34.3 Å². The summed E-state index contributed by atoms with van der Waals surface area (Å²) in [6.07, 6.45) is -4.06. The summed E-state index contributed by atoms with van der Waals surface area (Å²) in [6.45, 7) is 3.91. The second kappa shape index (κ2) is 11.4. The highest BCUT2D eigenvalue weighted by molar-refractivity contribution is 7.99. The monoisotopic (exact) mass is 542 g/mol. The Morgan fingerprint density at radius 3 is 2.64 bits per heavy atom. The number of thioether (sulfide) groups is 1. The molecular formula is C25H26ClF3N2O4S. The number of aromatic amines is 1. The zero-order valence-electron chi connectivity index (χ0n) is 19.3. The maximum Gasteiger partial charge on any atom is 0.416 e. The summed E-state index contributed by atoms with van der Waals surface area (Å²) in [5.41, 5.74) is -0.934. The number of aromatic hydroxyl groups is 1. The number of phenolic OH excluding ortho intramolecular Hbond substituents is 1.